The third kappa shape index (κ3) is 5.47. The molecule has 1 aliphatic rings. The van der Waals surface area contributed by atoms with E-state index in [0.717, 1.165) is 12.8 Å². The molecule has 0 radical (unpaired) electrons. The lowest BCUT2D eigenvalue weighted by Gasteiger charge is -2.33. The van der Waals surface area contributed by atoms with Crippen molar-refractivity contribution in [2.45, 2.75) is 67.0 Å². The average Bonchev–Trinajstić information content (AvgIpc) is 2.94. The predicted molar refractivity (Wildman–Crippen MR) is 91.5 cm³/mol. The van der Waals surface area contributed by atoms with Crippen LogP contribution in [0.1, 0.15) is 60.8 Å². The molecule has 0 unspecified atom stereocenters. The fraction of sp³-hybridized carbons (Fsp3) is 0.684. The smallest absolute Gasteiger partial charge is 0.224 e. The number of allylic oxidation sites excluding steroid dienone is 2. The molecule has 1 fully saturated rings. The lowest BCUT2D eigenvalue weighted by molar-refractivity contribution is -0.140. The highest BCUT2D eigenvalue weighted by atomic mass is 16.5. The molecule has 1 amide bonds. The van der Waals surface area contributed by atoms with Crippen molar-refractivity contribution < 1.29 is 9.53 Å². The summed E-state index contributed by atoms with van der Waals surface area (Å²) in [7, 11) is 0. The Kier molecular flexibility index (Phi) is 7.12. The maximum absolute atomic E-state index is 12.0. The summed E-state index contributed by atoms with van der Waals surface area (Å²) < 4.78 is 5.81. The molecule has 1 atom stereocenters. The monoisotopic (exact) mass is 305 g/mol. The van der Waals surface area contributed by atoms with E-state index in [1.807, 2.05) is 11.8 Å². The zero-order valence-electron chi connectivity index (χ0n) is 15.0. The molecule has 0 spiro atoms. The molecule has 0 saturated carbocycles. The van der Waals surface area contributed by atoms with Crippen molar-refractivity contribution in [3.8, 4) is 0 Å². The number of ether oxygens (including phenoxy) is 1. The van der Waals surface area contributed by atoms with Crippen molar-refractivity contribution in [1.29, 1.82) is 0 Å². The van der Waals surface area contributed by atoms with Crippen LogP contribution in [-0.2, 0) is 9.53 Å². The van der Waals surface area contributed by atoms with Crippen LogP contribution in [0.2, 0.25) is 0 Å². The normalized spacial score (nSPS) is 17.9. The van der Waals surface area contributed by atoms with Crippen molar-refractivity contribution in [3.63, 3.8) is 0 Å². The van der Waals surface area contributed by atoms with Crippen LogP contribution in [-0.4, -0.2) is 30.2 Å². The number of amides is 1. The largest absolute Gasteiger partial charge is 0.356 e. The molecule has 1 saturated heterocycles. The number of carbonyl (C=O) groups is 1. The fourth-order valence-electron chi connectivity index (χ4n) is 2.57. The van der Waals surface area contributed by atoms with Gasteiger partial charge in [0.05, 0.1) is 6.61 Å². The van der Waals surface area contributed by atoms with Crippen LogP contribution in [0.25, 0.3) is 0 Å². The van der Waals surface area contributed by atoms with Crippen molar-refractivity contribution in [3.05, 3.63) is 29.0 Å². The van der Waals surface area contributed by atoms with Crippen LogP contribution in [0.3, 0.4) is 0 Å². The Balaban J connectivity index is 2.78. The maximum Gasteiger partial charge on any atom is 0.224 e. The van der Waals surface area contributed by atoms with Gasteiger partial charge in [-0.05, 0) is 45.3 Å². The third-order valence-corrected chi connectivity index (χ3v) is 3.91. The first-order valence-corrected chi connectivity index (χ1v) is 8.25. The Labute approximate surface area is 135 Å². The second-order valence-electron chi connectivity index (χ2n) is 6.87. The third-order valence-electron chi connectivity index (χ3n) is 3.91. The van der Waals surface area contributed by atoms with Crippen molar-refractivity contribution in [1.82, 2.24) is 4.90 Å². The molecule has 1 rings (SSSR count). The van der Waals surface area contributed by atoms with Crippen LogP contribution >= 0.6 is 0 Å². The van der Waals surface area contributed by atoms with Crippen LogP contribution in [0.15, 0.2) is 29.0 Å². The summed E-state index contributed by atoms with van der Waals surface area (Å²) in [5.74, 6) is 0.160. The Morgan fingerprint density at radius 3 is 2.64 bits per heavy atom. The number of hydrogen-bond donors (Lipinski definition) is 0. The standard InChI is InChI=1S/C19H31NO2/c1-7-17(21)20-13-14-22-18(20)19(5,6)12-11-16(4)10-8-9-15(2)3/h9,12,18H,7-8,10,13-14H2,1-6H3/t11?,18-/m1/s1. The summed E-state index contributed by atoms with van der Waals surface area (Å²) in [5.41, 5.74) is 5.74. The zero-order valence-corrected chi connectivity index (χ0v) is 15.0. The summed E-state index contributed by atoms with van der Waals surface area (Å²) >= 11 is 0. The second-order valence-corrected chi connectivity index (χ2v) is 6.87. The Bertz CT molecular complexity index is 478. The second kappa shape index (κ2) is 8.36. The molecule has 124 valence electrons. The molecule has 1 aliphatic heterocycles. The van der Waals surface area contributed by atoms with Gasteiger partial charge in [0.15, 0.2) is 0 Å². The van der Waals surface area contributed by atoms with Gasteiger partial charge >= 0.3 is 0 Å². The van der Waals surface area contributed by atoms with Gasteiger partial charge in [-0.15, -0.1) is 5.73 Å². The molecule has 1 heterocycles. The van der Waals surface area contributed by atoms with Crippen molar-refractivity contribution >= 4 is 5.91 Å². The van der Waals surface area contributed by atoms with E-state index < -0.39 is 0 Å². The molecule has 3 nitrogen and oxygen atoms in total. The average molecular weight is 305 g/mol. The van der Waals surface area contributed by atoms with Gasteiger partial charge in [0.1, 0.15) is 6.23 Å². The summed E-state index contributed by atoms with van der Waals surface area (Å²) in [6.07, 6.45) is 6.72. The number of nitrogens with zero attached hydrogens (tertiary/aromatic N) is 1. The highest BCUT2D eigenvalue weighted by Gasteiger charge is 2.39. The molecule has 0 aromatic rings. The zero-order chi connectivity index (χ0) is 16.8. The molecular formula is C19H31NO2. The van der Waals surface area contributed by atoms with Gasteiger partial charge in [-0.3, -0.25) is 4.79 Å². The van der Waals surface area contributed by atoms with Crippen LogP contribution in [0.4, 0.5) is 0 Å². The van der Waals surface area contributed by atoms with E-state index in [1.54, 1.807) is 0 Å². The topological polar surface area (TPSA) is 29.5 Å². The van der Waals surface area contributed by atoms with Gasteiger partial charge < -0.3 is 9.64 Å². The maximum atomic E-state index is 12.0. The molecule has 0 aromatic carbocycles. The van der Waals surface area contributed by atoms with E-state index in [9.17, 15) is 4.79 Å². The van der Waals surface area contributed by atoms with Gasteiger partial charge in [-0.25, -0.2) is 0 Å². The van der Waals surface area contributed by atoms with Gasteiger partial charge in [-0.2, -0.15) is 0 Å². The van der Waals surface area contributed by atoms with Crippen molar-refractivity contribution in [2.75, 3.05) is 13.2 Å². The van der Waals surface area contributed by atoms with E-state index in [4.69, 9.17) is 4.74 Å². The van der Waals surface area contributed by atoms with Gasteiger partial charge in [-0.1, -0.05) is 32.4 Å². The molecule has 0 aliphatic carbocycles. The Morgan fingerprint density at radius 2 is 2.05 bits per heavy atom. The van der Waals surface area contributed by atoms with E-state index in [1.165, 1.54) is 11.1 Å². The Hall–Kier alpha value is -1.31. The Morgan fingerprint density at radius 1 is 1.36 bits per heavy atom. The first-order valence-electron chi connectivity index (χ1n) is 8.25. The minimum atomic E-state index is -0.237. The van der Waals surface area contributed by atoms with Crippen LogP contribution in [0.5, 0.6) is 0 Å². The van der Waals surface area contributed by atoms with Gasteiger partial charge in [0.2, 0.25) is 5.91 Å². The highest BCUT2D eigenvalue weighted by Crippen LogP contribution is 2.31. The van der Waals surface area contributed by atoms with Crippen LogP contribution < -0.4 is 0 Å². The highest BCUT2D eigenvalue weighted by molar-refractivity contribution is 5.76. The van der Waals surface area contributed by atoms with E-state index in [0.29, 0.717) is 19.6 Å². The first kappa shape index (κ1) is 18.7. The van der Waals surface area contributed by atoms with Crippen molar-refractivity contribution in [2.24, 2.45) is 5.41 Å². The minimum Gasteiger partial charge on any atom is -0.356 e. The van der Waals surface area contributed by atoms with E-state index >= 15 is 0 Å². The van der Waals surface area contributed by atoms with Crippen LogP contribution in [0, 0.1) is 5.41 Å². The fourth-order valence-corrected chi connectivity index (χ4v) is 2.57. The molecule has 3 heteroatoms. The first-order chi connectivity index (χ1) is 10.3. The van der Waals surface area contributed by atoms with E-state index in [2.05, 4.69) is 52.5 Å². The molecule has 0 aromatic heterocycles. The molecule has 0 bridgehead atoms. The summed E-state index contributed by atoms with van der Waals surface area (Å²) in [6.45, 7) is 13.8. The summed E-state index contributed by atoms with van der Waals surface area (Å²) in [6, 6.07) is 0. The lowest BCUT2D eigenvalue weighted by Crippen LogP contribution is -2.44. The number of carbonyl (C=O) groups excluding carboxylic acids is 1. The minimum absolute atomic E-state index is 0.160. The molecule has 22 heavy (non-hydrogen) atoms. The predicted octanol–water partition coefficient (Wildman–Crippen LogP) is 4.46. The number of rotatable bonds is 6. The SMILES string of the molecule is CCC(=O)N1CCO[C@@H]1C(C)(C)C=C=C(C)CCC=C(C)C. The van der Waals surface area contributed by atoms with Gasteiger partial charge in [0, 0.05) is 18.4 Å². The molecular weight excluding hydrogens is 274 g/mol. The molecule has 0 N–H and O–H groups in total. The van der Waals surface area contributed by atoms with Gasteiger partial charge in [0.25, 0.3) is 0 Å². The van der Waals surface area contributed by atoms with E-state index in [-0.39, 0.29) is 17.6 Å². The summed E-state index contributed by atoms with van der Waals surface area (Å²) in [5, 5.41) is 0. The quantitative estimate of drug-likeness (QED) is 0.536. The summed E-state index contributed by atoms with van der Waals surface area (Å²) in [4.78, 5) is 13.9. The number of hydrogen-bond acceptors (Lipinski definition) is 2. The lowest BCUT2D eigenvalue weighted by atomic mass is 9.89.